The van der Waals surface area contributed by atoms with Crippen molar-refractivity contribution in [2.75, 3.05) is 0 Å². The lowest BCUT2D eigenvalue weighted by Crippen LogP contribution is -2.44. The number of aromatic nitrogens is 1. The molecular weight excluding hydrogens is 327 g/mol. The molecule has 1 unspecified atom stereocenters. The zero-order valence-electron chi connectivity index (χ0n) is 15.0. The second kappa shape index (κ2) is 6.15. The SMILES string of the molecule is Cc1ccc2cc(C(=O)O)n(C(C)(N)CC(=O)OC(C)(C)C)c2c1F. The number of halogens is 1. The van der Waals surface area contributed by atoms with Gasteiger partial charge in [0.1, 0.15) is 22.8 Å². The van der Waals surface area contributed by atoms with E-state index in [0.717, 1.165) is 4.57 Å². The van der Waals surface area contributed by atoms with Crippen molar-refractivity contribution in [2.45, 2.75) is 52.3 Å². The Kier molecular flexibility index (Phi) is 4.65. The number of fused-ring (bicyclic) bond motifs is 1. The molecule has 0 saturated heterocycles. The van der Waals surface area contributed by atoms with Gasteiger partial charge in [-0.15, -0.1) is 0 Å². The minimum atomic E-state index is -1.48. The number of carbonyl (C=O) groups is 2. The van der Waals surface area contributed by atoms with Crippen LogP contribution in [0, 0.1) is 12.7 Å². The van der Waals surface area contributed by atoms with Crippen molar-refractivity contribution < 1.29 is 23.8 Å². The number of rotatable bonds is 4. The molecule has 0 aliphatic heterocycles. The van der Waals surface area contributed by atoms with Gasteiger partial charge in [-0.25, -0.2) is 9.18 Å². The molecule has 7 heteroatoms. The van der Waals surface area contributed by atoms with E-state index in [2.05, 4.69) is 0 Å². The van der Waals surface area contributed by atoms with Gasteiger partial charge in [-0.2, -0.15) is 0 Å². The Morgan fingerprint density at radius 2 is 1.88 bits per heavy atom. The molecule has 1 heterocycles. The molecule has 0 spiro atoms. The highest BCUT2D eigenvalue weighted by molar-refractivity contribution is 5.95. The number of carboxylic acid groups (broad SMARTS) is 1. The maximum atomic E-state index is 14.7. The number of carbonyl (C=O) groups excluding carboxylic acids is 1. The van der Waals surface area contributed by atoms with Crippen LogP contribution in [0.15, 0.2) is 18.2 Å². The van der Waals surface area contributed by atoms with Gasteiger partial charge < -0.3 is 20.1 Å². The fourth-order valence-corrected chi connectivity index (χ4v) is 2.79. The summed E-state index contributed by atoms with van der Waals surface area (Å²) in [4.78, 5) is 23.8. The van der Waals surface area contributed by atoms with E-state index in [4.69, 9.17) is 10.5 Å². The normalized spacial score (nSPS) is 14.4. The molecule has 0 aliphatic carbocycles. The number of carboxylic acids is 1. The second-order valence-corrected chi connectivity index (χ2v) is 7.42. The largest absolute Gasteiger partial charge is 0.477 e. The van der Waals surface area contributed by atoms with Crippen molar-refractivity contribution in [3.8, 4) is 0 Å². The van der Waals surface area contributed by atoms with Crippen molar-refractivity contribution >= 4 is 22.8 Å². The number of esters is 1. The fraction of sp³-hybridized carbons (Fsp3) is 0.444. The van der Waals surface area contributed by atoms with E-state index in [0.29, 0.717) is 10.9 Å². The van der Waals surface area contributed by atoms with Crippen LogP contribution in [0.25, 0.3) is 10.9 Å². The Bertz CT molecular complexity index is 847. The zero-order chi connectivity index (χ0) is 19.2. The molecule has 2 aromatic rings. The van der Waals surface area contributed by atoms with Crippen LogP contribution >= 0.6 is 0 Å². The van der Waals surface area contributed by atoms with Crippen LogP contribution < -0.4 is 5.73 Å². The topological polar surface area (TPSA) is 94.5 Å². The standard InChI is InChI=1S/C18H23FN2O4/c1-10-6-7-11-8-12(16(23)24)21(15(11)14(10)19)18(5,20)9-13(22)25-17(2,3)4/h6-8H,9,20H2,1-5H3,(H,23,24). The third kappa shape index (κ3) is 3.82. The van der Waals surface area contributed by atoms with Crippen LogP contribution in [0.1, 0.15) is 50.2 Å². The first kappa shape index (κ1) is 18.9. The first-order valence-electron chi connectivity index (χ1n) is 7.88. The number of aryl methyl sites for hydroxylation is 1. The van der Waals surface area contributed by atoms with Crippen molar-refractivity contribution in [3.05, 3.63) is 35.3 Å². The highest BCUT2D eigenvalue weighted by Crippen LogP contribution is 2.31. The summed E-state index contributed by atoms with van der Waals surface area (Å²) in [6.45, 7) is 8.21. The molecule has 0 amide bonds. The minimum Gasteiger partial charge on any atom is -0.477 e. The van der Waals surface area contributed by atoms with E-state index in [1.807, 2.05) is 0 Å². The number of nitrogens with two attached hydrogens (primary N) is 1. The van der Waals surface area contributed by atoms with Gasteiger partial charge >= 0.3 is 11.9 Å². The second-order valence-electron chi connectivity index (χ2n) is 7.42. The molecule has 3 N–H and O–H groups in total. The Balaban J connectivity index is 2.61. The summed E-state index contributed by atoms with van der Waals surface area (Å²) >= 11 is 0. The lowest BCUT2D eigenvalue weighted by Gasteiger charge is -2.30. The number of hydrogen-bond acceptors (Lipinski definition) is 4. The van der Waals surface area contributed by atoms with E-state index < -0.39 is 29.0 Å². The van der Waals surface area contributed by atoms with Gasteiger partial charge in [0.15, 0.2) is 0 Å². The summed E-state index contributed by atoms with van der Waals surface area (Å²) in [5, 5.41) is 9.90. The summed E-state index contributed by atoms with van der Waals surface area (Å²) < 4.78 is 21.1. The Morgan fingerprint density at radius 1 is 1.28 bits per heavy atom. The molecule has 0 saturated carbocycles. The molecule has 0 aliphatic rings. The zero-order valence-corrected chi connectivity index (χ0v) is 15.0. The van der Waals surface area contributed by atoms with E-state index >= 15 is 0 Å². The number of aromatic carboxylic acids is 1. The average molecular weight is 350 g/mol. The quantitative estimate of drug-likeness (QED) is 0.826. The third-order valence-electron chi connectivity index (χ3n) is 3.75. The first-order valence-corrected chi connectivity index (χ1v) is 7.88. The smallest absolute Gasteiger partial charge is 0.352 e. The summed E-state index contributed by atoms with van der Waals surface area (Å²) in [6.07, 6.45) is -0.304. The fourth-order valence-electron chi connectivity index (χ4n) is 2.79. The highest BCUT2D eigenvalue weighted by atomic mass is 19.1. The van der Waals surface area contributed by atoms with Crippen molar-refractivity contribution in [1.82, 2.24) is 4.57 Å². The maximum absolute atomic E-state index is 14.7. The monoisotopic (exact) mass is 350 g/mol. The number of nitrogens with zero attached hydrogens (tertiary/aromatic N) is 1. The molecule has 25 heavy (non-hydrogen) atoms. The summed E-state index contributed by atoms with van der Waals surface area (Å²) in [5.74, 6) is -2.41. The lowest BCUT2D eigenvalue weighted by atomic mass is 10.1. The molecule has 0 bridgehead atoms. The first-order chi connectivity index (χ1) is 11.3. The van der Waals surface area contributed by atoms with Gasteiger partial charge in [0.2, 0.25) is 0 Å². The van der Waals surface area contributed by atoms with Gasteiger partial charge in [-0.05, 0) is 46.2 Å². The summed E-state index contributed by atoms with van der Waals surface area (Å²) in [5.41, 5.74) is 4.31. The van der Waals surface area contributed by atoms with Crippen LogP contribution in [0.3, 0.4) is 0 Å². The van der Waals surface area contributed by atoms with Crippen molar-refractivity contribution in [1.29, 1.82) is 0 Å². The lowest BCUT2D eigenvalue weighted by molar-refractivity contribution is -0.157. The summed E-state index contributed by atoms with van der Waals surface area (Å²) in [6, 6.07) is 4.54. The van der Waals surface area contributed by atoms with E-state index in [1.54, 1.807) is 39.8 Å². The van der Waals surface area contributed by atoms with Gasteiger partial charge in [-0.1, -0.05) is 12.1 Å². The van der Waals surface area contributed by atoms with Crippen LogP contribution in [0.5, 0.6) is 0 Å². The Hall–Kier alpha value is -2.41. The number of benzene rings is 1. The molecule has 136 valence electrons. The predicted molar refractivity (Wildman–Crippen MR) is 91.9 cm³/mol. The van der Waals surface area contributed by atoms with Crippen LogP contribution in [0.2, 0.25) is 0 Å². The third-order valence-corrected chi connectivity index (χ3v) is 3.75. The van der Waals surface area contributed by atoms with Crippen LogP contribution in [0.4, 0.5) is 4.39 Å². The van der Waals surface area contributed by atoms with E-state index in [-0.39, 0.29) is 17.6 Å². The van der Waals surface area contributed by atoms with Crippen LogP contribution in [-0.2, 0) is 15.2 Å². The van der Waals surface area contributed by atoms with Crippen molar-refractivity contribution in [3.63, 3.8) is 0 Å². The van der Waals surface area contributed by atoms with E-state index in [1.165, 1.54) is 13.0 Å². The number of hydrogen-bond donors (Lipinski definition) is 2. The predicted octanol–water partition coefficient (Wildman–Crippen LogP) is 3.15. The molecule has 1 aromatic carbocycles. The van der Waals surface area contributed by atoms with Gasteiger partial charge in [0.05, 0.1) is 11.9 Å². The molecule has 1 aromatic heterocycles. The van der Waals surface area contributed by atoms with Gasteiger partial charge in [0, 0.05) is 5.39 Å². The van der Waals surface area contributed by atoms with Crippen LogP contribution in [-0.4, -0.2) is 27.2 Å². The molecule has 2 rings (SSSR count). The molecular formula is C18H23FN2O4. The Morgan fingerprint density at radius 3 is 2.40 bits per heavy atom. The average Bonchev–Trinajstić information content (AvgIpc) is 2.81. The maximum Gasteiger partial charge on any atom is 0.352 e. The highest BCUT2D eigenvalue weighted by Gasteiger charge is 2.33. The minimum absolute atomic E-state index is 0.0611. The van der Waals surface area contributed by atoms with Gasteiger partial charge in [0.25, 0.3) is 0 Å². The number of ether oxygens (including phenoxy) is 1. The summed E-state index contributed by atoms with van der Waals surface area (Å²) in [7, 11) is 0. The van der Waals surface area contributed by atoms with Crippen molar-refractivity contribution in [2.24, 2.45) is 5.73 Å². The van der Waals surface area contributed by atoms with Gasteiger partial charge in [-0.3, -0.25) is 4.79 Å². The molecule has 0 fully saturated rings. The molecule has 6 nitrogen and oxygen atoms in total. The molecule has 1 atom stereocenters. The molecule has 0 radical (unpaired) electrons. The van der Waals surface area contributed by atoms with E-state index in [9.17, 15) is 19.1 Å². The Labute approximate surface area is 145 Å².